The van der Waals surface area contributed by atoms with E-state index in [2.05, 4.69) is 56.1 Å². The van der Waals surface area contributed by atoms with E-state index >= 15 is 0 Å². The highest BCUT2D eigenvalue weighted by molar-refractivity contribution is 5.78. The van der Waals surface area contributed by atoms with Gasteiger partial charge in [-0.15, -0.1) is 0 Å². The SMILES string of the molecule is CCCCCN(CC(=O)NCCc1ccccc1C)C(C)C. The number of nitrogens with zero attached hydrogens (tertiary/aromatic N) is 1. The molecule has 1 rings (SSSR count). The Hall–Kier alpha value is -1.35. The lowest BCUT2D eigenvalue weighted by molar-refractivity contribution is -0.122. The van der Waals surface area contributed by atoms with Gasteiger partial charge in [-0.1, -0.05) is 44.0 Å². The van der Waals surface area contributed by atoms with E-state index in [1.54, 1.807) is 0 Å². The summed E-state index contributed by atoms with van der Waals surface area (Å²) < 4.78 is 0. The van der Waals surface area contributed by atoms with Crippen molar-refractivity contribution in [3.05, 3.63) is 35.4 Å². The Labute approximate surface area is 136 Å². The van der Waals surface area contributed by atoms with E-state index in [1.807, 2.05) is 6.07 Å². The fourth-order valence-electron chi connectivity index (χ4n) is 2.55. The van der Waals surface area contributed by atoms with Crippen LogP contribution in [0.15, 0.2) is 24.3 Å². The summed E-state index contributed by atoms with van der Waals surface area (Å²) in [7, 11) is 0. The Morgan fingerprint density at radius 3 is 2.59 bits per heavy atom. The molecule has 0 saturated carbocycles. The molecule has 22 heavy (non-hydrogen) atoms. The molecule has 0 aliphatic heterocycles. The van der Waals surface area contributed by atoms with Crippen molar-refractivity contribution in [3.8, 4) is 0 Å². The van der Waals surface area contributed by atoms with E-state index in [9.17, 15) is 4.79 Å². The van der Waals surface area contributed by atoms with Crippen molar-refractivity contribution in [1.82, 2.24) is 10.2 Å². The van der Waals surface area contributed by atoms with Gasteiger partial charge in [-0.25, -0.2) is 0 Å². The van der Waals surface area contributed by atoms with Crippen LogP contribution in [0.4, 0.5) is 0 Å². The number of hydrogen-bond acceptors (Lipinski definition) is 2. The monoisotopic (exact) mass is 304 g/mol. The molecule has 1 aromatic carbocycles. The number of carbonyl (C=O) groups is 1. The zero-order valence-electron chi connectivity index (χ0n) is 14.7. The van der Waals surface area contributed by atoms with Gasteiger partial charge in [0.2, 0.25) is 5.91 Å². The van der Waals surface area contributed by atoms with Gasteiger partial charge in [-0.3, -0.25) is 9.69 Å². The van der Waals surface area contributed by atoms with E-state index < -0.39 is 0 Å². The molecule has 0 heterocycles. The maximum absolute atomic E-state index is 12.1. The number of rotatable bonds is 10. The van der Waals surface area contributed by atoms with Crippen LogP contribution in [0.3, 0.4) is 0 Å². The van der Waals surface area contributed by atoms with Gasteiger partial charge in [-0.05, 0) is 51.3 Å². The molecular formula is C19H32N2O. The van der Waals surface area contributed by atoms with Gasteiger partial charge in [0.1, 0.15) is 0 Å². The van der Waals surface area contributed by atoms with Crippen molar-refractivity contribution < 1.29 is 4.79 Å². The van der Waals surface area contributed by atoms with Crippen LogP contribution in [0.2, 0.25) is 0 Å². The molecule has 1 aromatic rings. The average Bonchev–Trinajstić information content (AvgIpc) is 2.48. The number of hydrogen-bond donors (Lipinski definition) is 1. The Balaban J connectivity index is 2.33. The third-order valence-electron chi connectivity index (χ3n) is 4.10. The second kappa shape index (κ2) is 10.4. The van der Waals surface area contributed by atoms with Crippen molar-refractivity contribution in [2.75, 3.05) is 19.6 Å². The van der Waals surface area contributed by atoms with Crippen molar-refractivity contribution >= 4 is 5.91 Å². The zero-order valence-corrected chi connectivity index (χ0v) is 14.7. The molecule has 0 aliphatic carbocycles. The van der Waals surface area contributed by atoms with Gasteiger partial charge in [0.25, 0.3) is 0 Å². The highest BCUT2D eigenvalue weighted by atomic mass is 16.2. The molecule has 0 saturated heterocycles. The summed E-state index contributed by atoms with van der Waals surface area (Å²) in [4.78, 5) is 14.4. The van der Waals surface area contributed by atoms with Crippen molar-refractivity contribution in [2.45, 2.75) is 59.4 Å². The number of unbranched alkanes of at least 4 members (excludes halogenated alkanes) is 2. The van der Waals surface area contributed by atoms with Crippen LogP contribution in [0.1, 0.15) is 51.2 Å². The molecule has 1 N–H and O–H groups in total. The molecule has 0 aromatic heterocycles. The second-order valence-electron chi connectivity index (χ2n) is 6.30. The van der Waals surface area contributed by atoms with Crippen LogP contribution < -0.4 is 5.32 Å². The summed E-state index contributed by atoms with van der Waals surface area (Å²) in [6.07, 6.45) is 4.52. The van der Waals surface area contributed by atoms with Gasteiger partial charge in [0, 0.05) is 12.6 Å². The van der Waals surface area contributed by atoms with Crippen LogP contribution in [0.5, 0.6) is 0 Å². The lowest BCUT2D eigenvalue weighted by atomic mass is 10.1. The smallest absolute Gasteiger partial charge is 0.234 e. The Morgan fingerprint density at radius 2 is 1.95 bits per heavy atom. The van der Waals surface area contributed by atoms with Crippen molar-refractivity contribution in [1.29, 1.82) is 0 Å². The molecule has 0 atom stereocenters. The minimum absolute atomic E-state index is 0.138. The maximum Gasteiger partial charge on any atom is 0.234 e. The summed E-state index contributed by atoms with van der Waals surface area (Å²) in [5, 5.41) is 3.05. The molecule has 0 spiro atoms. The average molecular weight is 304 g/mol. The lowest BCUT2D eigenvalue weighted by Gasteiger charge is -2.25. The number of benzene rings is 1. The van der Waals surface area contributed by atoms with Crippen molar-refractivity contribution in [2.24, 2.45) is 0 Å². The zero-order chi connectivity index (χ0) is 16.4. The van der Waals surface area contributed by atoms with Gasteiger partial charge < -0.3 is 5.32 Å². The van der Waals surface area contributed by atoms with Crippen LogP contribution in [0.25, 0.3) is 0 Å². The third-order valence-corrected chi connectivity index (χ3v) is 4.10. The minimum atomic E-state index is 0.138. The van der Waals surface area contributed by atoms with Gasteiger partial charge >= 0.3 is 0 Å². The molecule has 3 nitrogen and oxygen atoms in total. The molecule has 0 bridgehead atoms. The molecule has 0 fully saturated rings. The number of carbonyl (C=O) groups excluding carboxylic acids is 1. The summed E-state index contributed by atoms with van der Waals surface area (Å²) in [6, 6.07) is 8.77. The first-order valence-electron chi connectivity index (χ1n) is 8.59. The quantitative estimate of drug-likeness (QED) is 0.670. The second-order valence-corrected chi connectivity index (χ2v) is 6.30. The first-order chi connectivity index (χ1) is 10.5. The number of aryl methyl sites for hydroxylation is 1. The van der Waals surface area contributed by atoms with Gasteiger partial charge in [0.15, 0.2) is 0 Å². The summed E-state index contributed by atoms with van der Waals surface area (Å²) >= 11 is 0. The topological polar surface area (TPSA) is 32.3 Å². The molecule has 0 unspecified atom stereocenters. The molecule has 124 valence electrons. The van der Waals surface area contributed by atoms with E-state index in [0.29, 0.717) is 19.1 Å². The molecule has 1 amide bonds. The highest BCUT2D eigenvalue weighted by Crippen LogP contribution is 2.07. The molecular weight excluding hydrogens is 272 g/mol. The number of nitrogens with one attached hydrogen (secondary N) is 1. The first kappa shape index (κ1) is 18.7. The standard InChI is InChI=1S/C19H32N2O/c1-5-6-9-14-21(16(2)3)15-19(22)20-13-12-18-11-8-7-10-17(18)4/h7-8,10-11,16H,5-6,9,12-15H2,1-4H3,(H,20,22). The lowest BCUT2D eigenvalue weighted by Crippen LogP contribution is -2.41. The fourth-order valence-corrected chi connectivity index (χ4v) is 2.55. The van der Waals surface area contributed by atoms with E-state index in [-0.39, 0.29) is 5.91 Å². The van der Waals surface area contributed by atoms with Gasteiger partial charge in [-0.2, -0.15) is 0 Å². The van der Waals surface area contributed by atoms with E-state index in [1.165, 1.54) is 30.4 Å². The van der Waals surface area contributed by atoms with E-state index in [4.69, 9.17) is 0 Å². The fraction of sp³-hybridized carbons (Fsp3) is 0.632. The van der Waals surface area contributed by atoms with Crippen molar-refractivity contribution in [3.63, 3.8) is 0 Å². The van der Waals surface area contributed by atoms with Crippen LogP contribution in [-0.4, -0.2) is 36.5 Å². The van der Waals surface area contributed by atoms with Crippen LogP contribution >= 0.6 is 0 Å². The van der Waals surface area contributed by atoms with Gasteiger partial charge in [0.05, 0.1) is 6.54 Å². The highest BCUT2D eigenvalue weighted by Gasteiger charge is 2.13. The predicted molar refractivity (Wildman–Crippen MR) is 94.1 cm³/mol. The Bertz CT molecular complexity index is 443. The molecule has 3 heteroatoms. The summed E-state index contributed by atoms with van der Waals surface area (Å²) in [5.74, 6) is 0.138. The van der Waals surface area contributed by atoms with Crippen LogP contribution in [0, 0.1) is 6.92 Å². The normalized spacial score (nSPS) is 11.2. The third kappa shape index (κ3) is 7.08. The largest absolute Gasteiger partial charge is 0.355 e. The van der Waals surface area contributed by atoms with Crippen LogP contribution in [-0.2, 0) is 11.2 Å². The predicted octanol–water partition coefficient (Wildman–Crippen LogP) is 3.55. The maximum atomic E-state index is 12.1. The molecule has 0 radical (unpaired) electrons. The number of amides is 1. The summed E-state index contributed by atoms with van der Waals surface area (Å²) in [5.41, 5.74) is 2.60. The van der Waals surface area contributed by atoms with E-state index in [0.717, 1.165) is 13.0 Å². The summed E-state index contributed by atoms with van der Waals surface area (Å²) in [6.45, 7) is 10.9. The first-order valence-corrected chi connectivity index (χ1v) is 8.59. The Kier molecular flexibility index (Phi) is 8.83. The molecule has 0 aliphatic rings. The Morgan fingerprint density at radius 1 is 1.23 bits per heavy atom. The minimum Gasteiger partial charge on any atom is -0.355 e.